The summed E-state index contributed by atoms with van der Waals surface area (Å²) in [5.74, 6) is 0.750. The molecule has 1 aliphatic rings. The van der Waals surface area contributed by atoms with Crippen LogP contribution in [0, 0.1) is 0 Å². The lowest BCUT2D eigenvalue weighted by Crippen LogP contribution is -2.36. The molecule has 23 heavy (non-hydrogen) atoms. The van der Waals surface area contributed by atoms with Crippen LogP contribution in [0.5, 0.6) is 5.75 Å². The van der Waals surface area contributed by atoms with E-state index in [1.807, 2.05) is 18.2 Å². The molecule has 1 atom stereocenters. The number of para-hydroxylation sites is 1. The van der Waals surface area contributed by atoms with Gasteiger partial charge >= 0.3 is 0 Å². The van der Waals surface area contributed by atoms with Gasteiger partial charge in [-0.05, 0) is 38.1 Å². The van der Waals surface area contributed by atoms with Crippen LogP contribution in [0.15, 0.2) is 47.3 Å². The molecule has 1 aliphatic heterocycles. The summed E-state index contributed by atoms with van der Waals surface area (Å²) in [4.78, 5) is 14.6. The Morgan fingerprint density at radius 3 is 2.78 bits per heavy atom. The van der Waals surface area contributed by atoms with E-state index in [9.17, 15) is 4.79 Å². The van der Waals surface area contributed by atoms with Crippen LogP contribution in [0.4, 0.5) is 0 Å². The number of carbonyl (C=O) groups excluding carboxylic acids is 1. The number of furan rings is 1. The first kappa shape index (κ1) is 15.6. The Hall–Kier alpha value is -2.27. The summed E-state index contributed by atoms with van der Waals surface area (Å²) in [6.07, 6.45) is 5.36. The first-order chi connectivity index (χ1) is 11.3. The Morgan fingerprint density at radius 1 is 1.30 bits per heavy atom. The highest BCUT2D eigenvalue weighted by Crippen LogP contribution is 2.31. The molecule has 0 saturated carbocycles. The van der Waals surface area contributed by atoms with E-state index < -0.39 is 0 Å². The van der Waals surface area contributed by atoms with Crippen molar-refractivity contribution < 1.29 is 13.9 Å². The van der Waals surface area contributed by atoms with E-state index in [1.165, 1.54) is 25.4 Å². The molecule has 0 radical (unpaired) electrons. The maximum Gasteiger partial charge on any atom is 0.254 e. The van der Waals surface area contributed by atoms with E-state index in [-0.39, 0.29) is 11.9 Å². The first-order valence-corrected chi connectivity index (χ1v) is 7.97. The number of benzene rings is 1. The van der Waals surface area contributed by atoms with Crippen molar-refractivity contribution in [1.29, 1.82) is 0 Å². The fourth-order valence-electron chi connectivity index (χ4n) is 3.12. The highest BCUT2D eigenvalue weighted by Gasteiger charge is 2.26. The summed E-state index contributed by atoms with van der Waals surface area (Å²) < 4.78 is 10.5. The van der Waals surface area contributed by atoms with Crippen molar-refractivity contribution in [2.45, 2.75) is 18.9 Å². The van der Waals surface area contributed by atoms with Crippen molar-refractivity contribution in [2.24, 2.45) is 0 Å². The van der Waals surface area contributed by atoms with Crippen LogP contribution in [-0.4, -0.2) is 37.6 Å². The largest absolute Gasteiger partial charge is 0.496 e. The smallest absolute Gasteiger partial charge is 0.254 e. The molecule has 0 unspecified atom stereocenters. The number of amides is 1. The minimum absolute atomic E-state index is 0.113. The van der Waals surface area contributed by atoms with Crippen LogP contribution in [-0.2, 0) is 0 Å². The summed E-state index contributed by atoms with van der Waals surface area (Å²) in [7, 11) is 1.68. The van der Waals surface area contributed by atoms with Gasteiger partial charge in [-0.3, -0.25) is 9.69 Å². The lowest BCUT2D eigenvalue weighted by atomic mass is 10.0. The van der Waals surface area contributed by atoms with Gasteiger partial charge in [0, 0.05) is 12.1 Å². The summed E-state index contributed by atoms with van der Waals surface area (Å²) >= 11 is 0. The average Bonchev–Trinajstić information content (AvgIpc) is 3.29. The lowest BCUT2D eigenvalue weighted by molar-refractivity contribution is 0.0936. The molecule has 2 heterocycles. The molecule has 1 amide bonds. The van der Waals surface area contributed by atoms with Gasteiger partial charge in [-0.2, -0.15) is 0 Å². The second kappa shape index (κ2) is 7.33. The Kier molecular flexibility index (Phi) is 4.98. The number of rotatable bonds is 6. The molecular weight excluding hydrogens is 292 g/mol. The van der Waals surface area contributed by atoms with Crippen molar-refractivity contribution in [3.05, 3.63) is 54.0 Å². The minimum atomic E-state index is -0.113. The molecule has 0 bridgehead atoms. The number of ether oxygens (including phenoxy) is 1. The van der Waals surface area contributed by atoms with Gasteiger partial charge in [0.05, 0.1) is 25.0 Å². The van der Waals surface area contributed by atoms with Crippen LogP contribution < -0.4 is 10.1 Å². The van der Waals surface area contributed by atoms with Gasteiger partial charge in [-0.25, -0.2) is 0 Å². The molecule has 2 aromatic rings. The molecule has 1 aromatic carbocycles. The fourth-order valence-corrected chi connectivity index (χ4v) is 3.12. The third-order valence-electron chi connectivity index (χ3n) is 4.32. The van der Waals surface area contributed by atoms with Gasteiger partial charge in [-0.1, -0.05) is 18.2 Å². The average molecular weight is 314 g/mol. The third kappa shape index (κ3) is 3.56. The molecular formula is C18H22N2O3. The Balaban J connectivity index is 1.77. The van der Waals surface area contributed by atoms with Gasteiger partial charge in [0.1, 0.15) is 12.0 Å². The van der Waals surface area contributed by atoms with Gasteiger partial charge in [0.25, 0.3) is 5.91 Å². The number of nitrogens with zero attached hydrogens (tertiary/aromatic N) is 1. The van der Waals surface area contributed by atoms with Crippen LogP contribution in [0.2, 0.25) is 0 Å². The van der Waals surface area contributed by atoms with Crippen LogP contribution in [0.25, 0.3) is 0 Å². The molecule has 1 N–H and O–H groups in total. The number of carbonyl (C=O) groups is 1. The second-order valence-corrected chi connectivity index (χ2v) is 5.72. The quantitative estimate of drug-likeness (QED) is 0.891. The van der Waals surface area contributed by atoms with Crippen LogP contribution in [0.3, 0.4) is 0 Å². The van der Waals surface area contributed by atoms with Gasteiger partial charge < -0.3 is 14.5 Å². The van der Waals surface area contributed by atoms with Gasteiger partial charge in [-0.15, -0.1) is 0 Å². The molecule has 5 heteroatoms. The molecule has 1 aromatic heterocycles. The van der Waals surface area contributed by atoms with E-state index in [0.29, 0.717) is 12.1 Å². The Labute approximate surface area is 136 Å². The summed E-state index contributed by atoms with van der Waals surface area (Å²) in [6.45, 7) is 2.64. The lowest BCUT2D eigenvalue weighted by Gasteiger charge is -2.29. The maximum absolute atomic E-state index is 12.2. The second-order valence-electron chi connectivity index (χ2n) is 5.72. The standard InChI is InChI=1S/C18H22N2O3/c1-22-17-7-3-2-6-15(17)16(20-9-4-5-10-20)12-19-18(21)14-8-11-23-13-14/h2-3,6-8,11,13,16H,4-5,9-10,12H2,1H3,(H,19,21)/t16-/m1/s1. The van der Waals surface area contributed by atoms with E-state index in [2.05, 4.69) is 16.3 Å². The molecule has 3 rings (SSSR count). The summed E-state index contributed by atoms with van der Waals surface area (Å²) in [5.41, 5.74) is 1.66. The number of hydrogen-bond acceptors (Lipinski definition) is 4. The predicted molar refractivity (Wildman–Crippen MR) is 87.6 cm³/mol. The summed E-state index contributed by atoms with van der Waals surface area (Å²) in [6, 6.07) is 9.81. The van der Waals surface area contributed by atoms with E-state index in [4.69, 9.17) is 9.15 Å². The topological polar surface area (TPSA) is 54.7 Å². The molecule has 5 nitrogen and oxygen atoms in total. The highest BCUT2D eigenvalue weighted by molar-refractivity contribution is 5.93. The zero-order valence-electron chi connectivity index (χ0n) is 13.3. The Bertz CT molecular complexity index is 633. The SMILES string of the molecule is COc1ccccc1[C@@H](CNC(=O)c1ccoc1)N1CCCC1. The monoisotopic (exact) mass is 314 g/mol. The highest BCUT2D eigenvalue weighted by atomic mass is 16.5. The molecule has 0 spiro atoms. The van der Waals surface area contributed by atoms with Crippen LogP contribution in [0.1, 0.15) is 34.8 Å². The minimum Gasteiger partial charge on any atom is -0.496 e. The van der Waals surface area contributed by atoms with Gasteiger partial charge in [0.15, 0.2) is 0 Å². The molecule has 1 fully saturated rings. The van der Waals surface area contributed by atoms with Crippen molar-refractivity contribution in [3.63, 3.8) is 0 Å². The van der Waals surface area contributed by atoms with E-state index >= 15 is 0 Å². The third-order valence-corrected chi connectivity index (χ3v) is 4.32. The van der Waals surface area contributed by atoms with Crippen molar-refractivity contribution in [1.82, 2.24) is 10.2 Å². The fraction of sp³-hybridized carbons (Fsp3) is 0.389. The number of nitrogens with one attached hydrogen (secondary N) is 1. The Morgan fingerprint density at radius 2 is 2.09 bits per heavy atom. The van der Waals surface area contributed by atoms with E-state index in [1.54, 1.807) is 13.2 Å². The van der Waals surface area contributed by atoms with Crippen molar-refractivity contribution in [2.75, 3.05) is 26.7 Å². The first-order valence-electron chi connectivity index (χ1n) is 7.97. The van der Waals surface area contributed by atoms with Crippen molar-refractivity contribution >= 4 is 5.91 Å². The molecule has 0 aliphatic carbocycles. The summed E-state index contributed by atoms with van der Waals surface area (Å²) in [5, 5.41) is 3.02. The molecule has 1 saturated heterocycles. The normalized spacial score (nSPS) is 16.2. The number of likely N-dealkylation sites (tertiary alicyclic amines) is 1. The van der Waals surface area contributed by atoms with Crippen molar-refractivity contribution in [3.8, 4) is 5.75 Å². The predicted octanol–water partition coefficient (Wildman–Crippen LogP) is 2.86. The number of hydrogen-bond donors (Lipinski definition) is 1. The number of methoxy groups -OCH3 is 1. The maximum atomic E-state index is 12.2. The van der Waals surface area contributed by atoms with E-state index in [0.717, 1.165) is 24.4 Å². The van der Waals surface area contributed by atoms with Gasteiger partial charge in [0.2, 0.25) is 0 Å². The zero-order chi connectivity index (χ0) is 16.1. The molecule has 122 valence electrons. The van der Waals surface area contributed by atoms with Crippen LogP contribution >= 0.6 is 0 Å². The zero-order valence-corrected chi connectivity index (χ0v) is 13.3.